The van der Waals surface area contributed by atoms with Gasteiger partial charge in [-0.05, 0) is 31.7 Å². The summed E-state index contributed by atoms with van der Waals surface area (Å²) in [6.07, 6.45) is 8.10. The molecule has 0 unspecified atom stereocenters. The van der Waals surface area contributed by atoms with Crippen molar-refractivity contribution in [3.05, 3.63) is 35.6 Å². The van der Waals surface area contributed by atoms with Crippen LogP contribution in [0.15, 0.2) is 28.7 Å². The average Bonchev–Trinajstić information content (AvgIpc) is 3.07. The Labute approximate surface area is 125 Å². The normalized spacial score (nSPS) is 19.6. The fourth-order valence-electron chi connectivity index (χ4n) is 3.23. The maximum atomic E-state index is 6.13. The van der Waals surface area contributed by atoms with Crippen molar-refractivity contribution >= 4 is 11.0 Å². The van der Waals surface area contributed by atoms with Crippen LogP contribution in [0.4, 0.5) is 0 Å². The van der Waals surface area contributed by atoms with Crippen LogP contribution in [0.3, 0.4) is 0 Å². The summed E-state index contributed by atoms with van der Waals surface area (Å²) in [4.78, 5) is 0. The zero-order chi connectivity index (χ0) is 14.1. The highest BCUT2D eigenvalue weighted by Crippen LogP contribution is 2.30. The molecule has 2 fully saturated rings. The molecule has 2 aliphatic carbocycles. The molecule has 2 aromatic rings. The van der Waals surface area contributed by atoms with Crippen molar-refractivity contribution in [2.24, 2.45) is 0 Å². The molecule has 1 heterocycles. The number of para-hydroxylation sites is 1. The topological polar surface area (TPSA) is 34.4 Å². The van der Waals surface area contributed by atoms with Crippen molar-refractivity contribution in [3.8, 4) is 0 Å². The van der Waals surface area contributed by atoms with E-state index in [0.29, 0.717) is 18.8 Å². The minimum Gasteiger partial charge on any atom is -0.459 e. The minimum atomic E-state index is 0.447. The standard InChI is InChI=1S/C18H23NO2/c1-2-6-14(5-1)20-12-16-15-7-3-4-8-17(15)21-18(16)11-19-13-9-10-13/h3-4,7-8,13-14,19H,1-2,5-6,9-12H2. The second-order valence-electron chi connectivity index (χ2n) is 6.37. The molecule has 3 heteroatoms. The molecule has 21 heavy (non-hydrogen) atoms. The third-order valence-electron chi connectivity index (χ3n) is 4.68. The van der Waals surface area contributed by atoms with E-state index in [1.54, 1.807) is 0 Å². The molecule has 1 aromatic carbocycles. The number of furan rings is 1. The van der Waals surface area contributed by atoms with Gasteiger partial charge in [0.2, 0.25) is 0 Å². The molecule has 2 aliphatic rings. The molecule has 1 aromatic heterocycles. The van der Waals surface area contributed by atoms with E-state index in [0.717, 1.165) is 17.9 Å². The Hall–Kier alpha value is -1.32. The number of hydrogen-bond acceptors (Lipinski definition) is 3. The van der Waals surface area contributed by atoms with Crippen LogP contribution in [0.25, 0.3) is 11.0 Å². The highest BCUT2D eigenvalue weighted by molar-refractivity contribution is 5.82. The van der Waals surface area contributed by atoms with Gasteiger partial charge in [0.1, 0.15) is 11.3 Å². The SMILES string of the molecule is c1ccc2c(COC3CCCC3)c(CNC3CC3)oc2c1. The molecule has 2 saturated carbocycles. The summed E-state index contributed by atoms with van der Waals surface area (Å²) in [6.45, 7) is 1.51. The summed E-state index contributed by atoms with van der Waals surface area (Å²) in [6, 6.07) is 9.00. The van der Waals surface area contributed by atoms with Crippen LogP contribution in [-0.4, -0.2) is 12.1 Å². The number of nitrogens with one attached hydrogen (secondary N) is 1. The van der Waals surface area contributed by atoms with Gasteiger partial charge in [0, 0.05) is 17.0 Å². The minimum absolute atomic E-state index is 0.447. The van der Waals surface area contributed by atoms with Crippen molar-refractivity contribution in [3.63, 3.8) is 0 Å². The maximum absolute atomic E-state index is 6.13. The molecule has 3 nitrogen and oxygen atoms in total. The Morgan fingerprint density at radius 1 is 1.10 bits per heavy atom. The van der Waals surface area contributed by atoms with E-state index < -0.39 is 0 Å². The Morgan fingerprint density at radius 2 is 1.90 bits per heavy atom. The van der Waals surface area contributed by atoms with Crippen LogP contribution < -0.4 is 5.32 Å². The zero-order valence-corrected chi connectivity index (χ0v) is 12.4. The smallest absolute Gasteiger partial charge is 0.134 e. The number of ether oxygens (including phenoxy) is 1. The lowest BCUT2D eigenvalue weighted by Gasteiger charge is -2.11. The number of rotatable bonds is 6. The molecule has 0 aliphatic heterocycles. The third kappa shape index (κ3) is 2.99. The molecular weight excluding hydrogens is 262 g/mol. The van der Waals surface area contributed by atoms with Gasteiger partial charge in [-0.1, -0.05) is 31.0 Å². The monoisotopic (exact) mass is 285 g/mol. The molecular formula is C18H23NO2. The van der Waals surface area contributed by atoms with Gasteiger partial charge in [0.05, 0.1) is 19.3 Å². The molecule has 0 amide bonds. The lowest BCUT2D eigenvalue weighted by Crippen LogP contribution is -2.16. The van der Waals surface area contributed by atoms with Gasteiger partial charge in [-0.15, -0.1) is 0 Å². The van der Waals surface area contributed by atoms with Crippen molar-refractivity contribution in [1.29, 1.82) is 0 Å². The van der Waals surface area contributed by atoms with Gasteiger partial charge < -0.3 is 14.5 Å². The van der Waals surface area contributed by atoms with Crippen LogP contribution in [0.2, 0.25) is 0 Å². The summed E-state index contributed by atoms with van der Waals surface area (Å²) < 4.78 is 12.2. The Balaban J connectivity index is 1.54. The molecule has 0 spiro atoms. The first-order valence-electron chi connectivity index (χ1n) is 8.24. The molecule has 1 N–H and O–H groups in total. The molecule has 0 atom stereocenters. The first-order valence-corrected chi connectivity index (χ1v) is 8.24. The van der Waals surface area contributed by atoms with Crippen LogP contribution in [0.5, 0.6) is 0 Å². The van der Waals surface area contributed by atoms with E-state index in [4.69, 9.17) is 9.15 Å². The largest absolute Gasteiger partial charge is 0.459 e. The van der Waals surface area contributed by atoms with Crippen molar-refractivity contribution in [2.45, 2.75) is 63.8 Å². The second kappa shape index (κ2) is 5.82. The van der Waals surface area contributed by atoms with Crippen molar-refractivity contribution < 1.29 is 9.15 Å². The zero-order valence-electron chi connectivity index (χ0n) is 12.4. The quantitative estimate of drug-likeness (QED) is 0.866. The van der Waals surface area contributed by atoms with Crippen LogP contribution in [-0.2, 0) is 17.9 Å². The third-order valence-corrected chi connectivity index (χ3v) is 4.68. The lowest BCUT2D eigenvalue weighted by atomic mass is 10.1. The molecule has 0 radical (unpaired) electrons. The maximum Gasteiger partial charge on any atom is 0.134 e. The van der Waals surface area contributed by atoms with Crippen LogP contribution >= 0.6 is 0 Å². The van der Waals surface area contributed by atoms with Gasteiger partial charge in [-0.25, -0.2) is 0 Å². The number of benzene rings is 1. The van der Waals surface area contributed by atoms with E-state index in [2.05, 4.69) is 23.5 Å². The van der Waals surface area contributed by atoms with Gasteiger partial charge in [-0.2, -0.15) is 0 Å². The van der Waals surface area contributed by atoms with Crippen molar-refractivity contribution in [2.75, 3.05) is 0 Å². The van der Waals surface area contributed by atoms with E-state index >= 15 is 0 Å². The van der Waals surface area contributed by atoms with E-state index in [1.807, 2.05) is 6.07 Å². The van der Waals surface area contributed by atoms with Gasteiger partial charge in [0.15, 0.2) is 0 Å². The summed E-state index contributed by atoms with van der Waals surface area (Å²) >= 11 is 0. The molecule has 0 bridgehead atoms. The summed E-state index contributed by atoms with van der Waals surface area (Å²) in [7, 11) is 0. The van der Waals surface area contributed by atoms with Crippen molar-refractivity contribution in [1.82, 2.24) is 5.32 Å². The molecule has 0 saturated heterocycles. The first kappa shape index (κ1) is 13.4. The highest BCUT2D eigenvalue weighted by atomic mass is 16.5. The summed E-state index contributed by atoms with van der Waals surface area (Å²) in [5, 5.41) is 4.76. The Morgan fingerprint density at radius 3 is 2.71 bits per heavy atom. The average molecular weight is 285 g/mol. The van der Waals surface area contributed by atoms with E-state index in [-0.39, 0.29) is 0 Å². The number of hydrogen-bond donors (Lipinski definition) is 1. The summed E-state index contributed by atoms with van der Waals surface area (Å²) in [5.41, 5.74) is 2.22. The predicted octanol–water partition coefficient (Wildman–Crippen LogP) is 4.14. The summed E-state index contributed by atoms with van der Waals surface area (Å²) in [5.74, 6) is 1.06. The first-order chi connectivity index (χ1) is 10.4. The molecule has 112 valence electrons. The van der Waals surface area contributed by atoms with E-state index in [1.165, 1.54) is 49.5 Å². The van der Waals surface area contributed by atoms with Gasteiger partial charge in [-0.3, -0.25) is 0 Å². The molecule has 4 rings (SSSR count). The van der Waals surface area contributed by atoms with Gasteiger partial charge >= 0.3 is 0 Å². The highest BCUT2D eigenvalue weighted by Gasteiger charge is 2.23. The Bertz CT molecular complexity index is 609. The Kier molecular flexibility index (Phi) is 3.70. The lowest BCUT2D eigenvalue weighted by molar-refractivity contribution is 0.0454. The predicted molar refractivity (Wildman–Crippen MR) is 83.1 cm³/mol. The fourth-order valence-corrected chi connectivity index (χ4v) is 3.23. The van der Waals surface area contributed by atoms with Crippen LogP contribution in [0, 0.1) is 0 Å². The number of fused-ring (bicyclic) bond motifs is 1. The van der Waals surface area contributed by atoms with E-state index in [9.17, 15) is 0 Å². The van der Waals surface area contributed by atoms with Crippen LogP contribution in [0.1, 0.15) is 49.8 Å². The van der Waals surface area contributed by atoms with Gasteiger partial charge in [0.25, 0.3) is 0 Å². The fraction of sp³-hybridized carbons (Fsp3) is 0.556. The second-order valence-corrected chi connectivity index (χ2v) is 6.37.